The first-order valence-corrected chi connectivity index (χ1v) is 7.13. The van der Waals surface area contributed by atoms with Gasteiger partial charge in [-0.1, -0.05) is 12.1 Å². The predicted molar refractivity (Wildman–Crippen MR) is 79.1 cm³/mol. The third kappa shape index (κ3) is 3.28. The highest BCUT2D eigenvalue weighted by molar-refractivity contribution is 7.09. The van der Waals surface area contributed by atoms with E-state index in [0.29, 0.717) is 0 Å². The van der Waals surface area contributed by atoms with Gasteiger partial charge in [0.05, 0.1) is 19.8 Å². The summed E-state index contributed by atoms with van der Waals surface area (Å²) in [4.78, 5) is 1.35. The lowest BCUT2D eigenvalue weighted by Crippen LogP contribution is -2.13. The van der Waals surface area contributed by atoms with Crippen LogP contribution in [0.4, 0.5) is 0 Å². The number of nitrogens with two attached hydrogens (primary N) is 1. The van der Waals surface area contributed by atoms with Crippen molar-refractivity contribution in [2.24, 2.45) is 5.73 Å². The molecule has 19 heavy (non-hydrogen) atoms. The smallest absolute Gasteiger partial charge is 0.127 e. The summed E-state index contributed by atoms with van der Waals surface area (Å²) in [5.74, 6) is 1.58. The first-order valence-electron chi connectivity index (χ1n) is 6.25. The monoisotopic (exact) mass is 277 g/mol. The Morgan fingerprint density at radius 1 is 1.11 bits per heavy atom. The highest BCUT2D eigenvalue weighted by Gasteiger charge is 2.17. The van der Waals surface area contributed by atoms with Crippen LogP contribution in [0.5, 0.6) is 11.5 Å². The van der Waals surface area contributed by atoms with E-state index >= 15 is 0 Å². The molecule has 0 fully saturated rings. The molecule has 2 aromatic rings. The summed E-state index contributed by atoms with van der Waals surface area (Å²) in [6.07, 6.45) is 1.84. The summed E-state index contributed by atoms with van der Waals surface area (Å²) in [5.41, 5.74) is 7.26. The fourth-order valence-electron chi connectivity index (χ4n) is 2.14. The fraction of sp³-hybridized carbons (Fsp3) is 0.333. The molecule has 2 N–H and O–H groups in total. The van der Waals surface area contributed by atoms with Crippen LogP contribution in [0.25, 0.3) is 0 Å². The highest BCUT2D eigenvalue weighted by atomic mass is 32.1. The molecular formula is C15H19NO2S. The highest BCUT2D eigenvalue weighted by Crippen LogP contribution is 2.34. The minimum Gasteiger partial charge on any atom is -0.496 e. The first kappa shape index (κ1) is 13.9. The molecule has 0 aliphatic carbocycles. The van der Waals surface area contributed by atoms with Crippen LogP contribution in [0.15, 0.2) is 35.7 Å². The van der Waals surface area contributed by atoms with E-state index in [2.05, 4.69) is 17.5 Å². The van der Waals surface area contributed by atoms with Crippen molar-refractivity contribution >= 4 is 11.3 Å². The molecule has 0 saturated heterocycles. The van der Waals surface area contributed by atoms with Crippen molar-refractivity contribution in [1.29, 1.82) is 0 Å². The summed E-state index contributed by atoms with van der Waals surface area (Å²) >= 11 is 1.76. The zero-order valence-electron chi connectivity index (χ0n) is 11.3. The first-order chi connectivity index (χ1) is 9.26. The van der Waals surface area contributed by atoms with E-state index in [1.165, 1.54) is 4.88 Å². The molecule has 102 valence electrons. The summed E-state index contributed by atoms with van der Waals surface area (Å²) < 4.78 is 10.8. The average Bonchev–Trinajstić information content (AvgIpc) is 2.97. The van der Waals surface area contributed by atoms with E-state index in [4.69, 9.17) is 15.2 Å². The lowest BCUT2D eigenvalue weighted by molar-refractivity contribution is 0.377. The standard InChI is InChI=1S/C15H19NO2S/c1-17-13-6-3-7-14(18-2)15(13)12(16)9-8-11-5-4-10-19-11/h3-7,10,12H,8-9,16H2,1-2H3. The number of benzene rings is 1. The van der Waals surface area contributed by atoms with Gasteiger partial charge in [-0.05, 0) is 36.4 Å². The molecule has 1 unspecified atom stereocenters. The molecular weight excluding hydrogens is 258 g/mol. The van der Waals surface area contributed by atoms with Gasteiger partial charge in [-0.2, -0.15) is 0 Å². The maximum Gasteiger partial charge on any atom is 0.127 e. The average molecular weight is 277 g/mol. The van der Waals surface area contributed by atoms with E-state index in [0.717, 1.165) is 29.9 Å². The molecule has 0 aliphatic rings. The Hall–Kier alpha value is -1.52. The van der Waals surface area contributed by atoms with Gasteiger partial charge in [-0.25, -0.2) is 0 Å². The van der Waals surface area contributed by atoms with Crippen molar-refractivity contribution < 1.29 is 9.47 Å². The van der Waals surface area contributed by atoms with E-state index in [1.807, 2.05) is 18.2 Å². The molecule has 0 spiro atoms. The molecule has 1 heterocycles. The Labute approximate surface area is 118 Å². The van der Waals surface area contributed by atoms with Crippen molar-refractivity contribution in [3.63, 3.8) is 0 Å². The quantitative estimate of drug-likeness (QED) is 0.880. The van der Waals surface area contributed by atoms with Gasteiger partial charge in [-0.15, -0.1) is 11.3 Å². The van der Waals surface area contributed by atoms with Crippen LogP contribution in [-0.2, 0) is 6.42 Å². The second-order valence-electron chi connectivity index (χ2n) is 4.30. The predicted octanol–water partition coefficient (Wildman–Crippen LogP) is 3.40. The van der Waals surface area contributed by atoms with Gasteiger partial charge < -0.3 is 15.2 Å². The largest absolute Gasteiger partial charge is 0.496 e. The molecule has 1 aromatic carbocycles. The molecule has 1 atom stereocenters. The minimum atomic E-state index is -0.0896. The fourth-order valence-corrected chi connectivity index (χ4v) is 2.87. The van der Waals surface area contributed by atoms with Crippen LogP contribution >= 0.6 is 11.3 Å². The molecule has 0 amide bonds. The number of hydrogen-bond acceptors (Lipinski definition) is 4. The van der Waals surface area contributed by atoms with E-state index < -0.39 is 0 Å². The molecule has 1 aromatic heterocycles. The van der Waals surface area contributed by atoms with Crippen molar-refractivity contribution in [1.82, 2.24) is 0 Å². The van der Waals surface area contributed by atoms with Gasteiger partial charge in [0.1, 0.15) is 11.5 Å². The van der Waals surface area contributed by atoms with E-state index in [9.17, 15) is 0 Å². The van der Waals surface area contributed by atoms with Crippen molar-refractivity contribution in [2.75, 3.05) is 14.2 Å². The number of rotatable bonds is 6. The topological polar surface area (TPSA) is 44.5 Å². The van der Waals surface area contributed by atoms with E-state index in [1.54, 1.807) is 25.6 Å². The van der Waals surface area contributed by atoms with Gasteiger partial charge >= 0.3 is 0 Å². The molecule has 0 aliphatic heterocycles. The zero-order chi connectivity index (χ0) is 13.7. The Bertz CT molecular complexity index is 489. The molecule has 0 radical (unpaired) electrons. The number of methoxy groups -OCH3 is 2. The number of thiophene rings is 1. The zero-order valence-corrected chi connectivity index (χ0v) is 12.1. The van der Waals surface area contributed by atoms with Gasteiger partial charge in [0.15, 0.2) is 0 Å². The van der Waals surface area contributed by atoms with Crippen LogP contribution in [0.3, 0.4) is 0 Å². The maximum absolute atomic E-state index is 6.31. The third-order valence-corrected chi connectivity index (χ3v) is 4.05. The number of hydrogen-bond donors (Lipinski definition) is 1. The second kappa shape index (κ2) is 6.59. The van der Waals surface area contributed by atoms with Gasteiger partial charge in [0.2, 0.25) is 0 Å². The van der Waals surface area contributed by atoms with Crippen molar-refractivity contribution in [2.45, 2.75) is 18.9 Å². The Kier molecular flexibility index (Phi) is 4.82. The summed E-state index contributed by atoms with van der Waals surface area (Å²) in [5, 5.41) is 2.09. The molecule has 3 nitrogen and oxygen atoms in total. The van der Waals surface area contributed by atoms with Crippen LogP contribution in [0.1, 0.15) is 22.9 Å². The summed E-state index contributed by atoms with van der Waals surface area (Å²) in [6.45, 7) is 0. The SMILES string of the molecule is COc1cccc(OC)c1C(N)CCc1cccs1. The molecule has 0 saturated carbocycles. The van der Waals surface area contributed by atoms with Crippen LogP contribution < -0.4 is 15.2 Å². The minimum absolute atomic E-state index is 0.0896. The molecule has 2 rings (SSSR count). The normalized spacial score (nSPS) is 12.2. The summed E-state index contributed by atoms with van der Waals surface area (Å²) in [7, 11) is 3.31. The number of aryl methyl sites for hydroxylation is 1. The second-order valence-corrected chi connectivity index (χ2v) is 5.33. The maximum atomic E-state index is 6.31. The third-order valence-electron chi connectivity index (χ3n) is 3.12. The number of ether oxygens (including phenoxy) is 2. The van der Waals surface area contributed by atoms with E-state index in [-0.39, 0.29) is 6.04 Å². The summed E-state index contributed by atoms with van der Waals surface area (Å²) in [6, 6.07) is 9.86. The van der Waals surface area contributed by atoms with Crippen LogP contribution in [-0.4, -0.2) is 14.2 Å². The van der Waals surface area contributed by atoms with Gasteiger partial charge in [0, 0.05) is 10.9 Å². The molecule has 0 bridgehead atoms. The lowest BCUT2D eigenvalue weighted by Gasteiger charge is -2.18. The Morgan fingerprint density at radius 2 is 1.79 bits per heavy atom. The Morgan fingerprint density at radius 3 is 2.32 bits per heavy atom. The van der Waals surface area contributed by atoms with Crippen molar-refractivity contribution in [3.05, 3.63) is 46.2 Å². The molecule has 4 heteroatoms. The Balaban J connectivity index is 2.15. The van der Waals surface area contributed by atoms with Gasteiger partial charge in [-0.3, -0.25) is 0 Å². The van der Waals surface area contributed by atoms with Gasteiger partial charge in [0.25, 0.3) is 0 Å². The van der Waals surface area contributed by atoms with Crippen LogP contribution in [0.2, 0.25) is 0 Å². The lowest BCUT2D eigenvalue weighted by atomic mass is 10.00. The van der Waals surface area contributed by atoms with Crippen molar-refractivity contribution in [3.8, 4) is 11.5 Å². The van der Waals surface area contributed by atoms with Crippen LogP contribution in [0, 0.1) is 0 Å².